The highest BCUT2D eigenvalue weighted by molar-refractivity contribution is 5.78. The first-order valence-corrected chi connectivity index (χ1v) is 10.8. The number of carbonyl (C=O) groups is 1. The van der Waals surface area contributed by atoms with Gasteiger partial charge in [-0.3, -0.25) is 9.69 Å². The molecule has 0 atom stereocenters. The highest BCUT2D eigenvalue weighted by atomic mass is 19.4. The summed E-state index contributed by atoms with van der Waals surface area (Å²) >= 11 is 0. The largest absolute Gasteiger partial charge is 0.616 e. The van der Waals surface area contributed by atoms with Crippen LogP contribution in [0.25, 0.3) is 11.1 Å². The number of alkyl halides is 3. The molecule has 3 aromatic rings. The molecule has 0 radical (unpaired) electrons. The van der Waals surface area contributed by atoms with Crippen LogP contribution >= 0.6 is 0 Å². The molecule has 0 saturated carbocycles. The van der Waals surface area contributed by atoms with Crippen molar-refractivity contribution in [1.29, 1.82) is 0 Å². The second-order valence-electron chi connectivity index (χ2n) is 8.08. The summed E-state index contributed by atoms with van der Waals surface area (Å²) in [7, 11) is 0. The third-order valence-electron chi connectivity index (χ3n) is 5.62. The van der Waals surface area contributed by atoms with Gasteiger partial charge in [0.25, 0.3) is 5.52 Å². The second kappa shape index (κ2) is 9.70. The van der Waals surface area contributed by atoms with Gasteiger partial charge in [0, 0.05) is 44.5 Å². The zero-order valence-electron chi connectivity index (χ0n) is 18.0. The number of hydrogen-bond donors (Lipinski definition) is 1. The van der Waals surface area contributed by atoms with Crippen molar-refractivity contribution in [3.63, 3.8) is 0 Å². The molecule has 1 N–H and O–H groups in total. The summed E-state index contributed by atoms with van der Waals surface area (Å²) in [5.74, 6) is 0.0991. The van der Waals surface area contributed by atoms with E-state index in [0.717, 1.165) is 10.4 Å². The summed E-state index contributed by atoms with van der Waals surface area (Å²) in [6.45, 7) is 3.00. The molecule has 1 aromatic heterocycles. The third-order valence-corrected chi connectivity index (χ3v) is 5.62. The van der Waals surface area contributed by atoms with Gasteiger partial charge in [-0.1, -0.05) is 24.3 Å². The van der Waals surface area contributed by atoms with E-state index in [4.69, 9.17) is 4.42 Å². The van der Waals surface area contributed by atoms with E-state index in [2.05, 4.69) is 5.32 Å². The molecule has 0 spiro atoms. The molecular formula is C23H25F3N4O3. The Balaban J connectivity index is 1.22. The van der Waals surface area contributed by atoms with Crippen molar-refractivity contribution in [3.8, 4) is 0 Å². The zero-order chi connectivity index (χ0) is 23.4. The maximum atomic E-state index is 12.7. The lowest BCUT2D eigenvalue weighted by Gasteiger charge is -2.36. The third kappa shape index (κ3) is 5.95. The van der Waals surface area contributed by atoms with Crippen molar-refractivity contribution < 1.29 is 27.1 Å². The molecule has 1 fully saturated rings. The van der Waals surface area contributed by atoms with Gasteiger partial charge in [0.1, 0.15) is 0 Å². The lowest BCUT2D eigenvalue weighted by Crippen LogP contribution is -2.49. The van der Waals surface area contributed by atoms with E-state index in [9.17, 15) is 23.2 Å². The number of carbonyl (C=O) groups excluding carboxylic acids is 1. The van der Waals surface area contributed by atoms with Gasteiger partial charge in [-0.25, -0.2) is 0 Å². The van der Waals surface area contributed by atoms with Crippen LogP contribution in [0.1, 0.15) is 11.5 Å². The predicted molar refractivity (Wildman–Crippen MR) is 117 cm³/mol. The average Bonchev–Trinajstić information content (AvgIpc) is 3.09. The van der Waals surface area contributed by atoms with E-state index >= 15 is 0 Å². The quantitative estimate of drug-likeness (QED) is 0.432. The molecular weight excluding hydrogens is 437 g/mol. The van der Waals surface area contributed by atoms with Crippen LogP contribution < -0.4 is 14.9 Å². The van der Waals surface area contributed by atoms with Crippen molar-refractivity contribution in [2.24, 2.45) is 0 Å². The number of hydrogen-bond acceptors (Lipinski definition) is 5. The van der Waals surface area contributed by atoms with Crippen molar-refractivity contribution in [2.45, 2.75) is 19.0 Å². The molecule has 4 rings (SSSR count). The lowest BCUT2D eigenvalue weighted by molar-refractivity contribution is -0.592. The summed E-state index contributed by atoms with van der Waals surface area (Å²) in [6.07, 6.45) is -4.89. The minimum Gasteiger partial charge on any atom is -0.616 e. The first kappa shape index (κ1) is 22.9. The molecule has 1 aliphatic rings. The maximum Gasteiger partial charge on any atom is 0.393 e. The smallest absolute Gasteiger partial charge is 0.393 e. The van der Waals surface area contributed by atoms with E-state index in [1.165, 1.54) is 6.07 Å². The fraction of sp³-hybridized carbons (Fsp3) is 0.391. The number of amides is 1. The molecule has 1 amide bonds. The Morgan fingerprint density at radius 2 is 1.85 bits per heavy atom. The zero-order valence-corrected chi connectivity index (χ0v) is 18.0. The molecule has 2 aromatic carbocycles. The molecule has 7 nitrogen and oxygen atoms in total. The van der Waals surface area contributed by atoms with Gasteiger partial charge in [-0.15, -0.1) is 4.73 Å². The maximum absolute atomic E-state index is 12.7. The summed E-state index contributed by atoms with van der Waals surface area (Å²) in [4.78, 5) is 16.3. The van der Waals surface area contributed by atoms with Crippen LogP contribution in [0.15, 0.2) is 52.9 Å². The number of oxazole rings is 1. The van der Waals surface area contributed by atoms with Crippen LogP contribution in [0.3, 0.4) is 0 Å². The van der Waals surface area contributed by atoms with Crippen LogP contribution in [0.5, 0.6) is 0 Å². The molecule has 0 bridgehead atoms. The van der Waals surface area contributed by atoms with Crippen molar-refractivity contribution in [2.75, 3.05) is 44.2 Å². The molecule has 2 heterocycles. The number of para-hydroxylation sites is 2. The Hall–Kier alpha value is -3.27. The Morgan fingerprint density at radius 1 is 1.09 bits per heavy atom. The Morgan fingerprint density at radius 3 is 2.58 bits per heavy atom. The number of rotatable bonds is 7. The van der Waals surface area contributed by atoms with Crippen LogP contribution in [-0.2, 0) is 17.6 Å². The van der Waals surface area contributed by atoms with Gasteiger partial charge in [0.05, 0.1) is 19.4 Å². The molecule has 1 aliphatic heterocycles. The standard InChI is InChI=1S/C23H25F3N4O3/c24-23(25,26)15-17-4-3-5-18(14-17)29-12-10-28(11-13-29)16-21(31)27-9-8-22-30(32)19-6-1-2-7-20(19)33-22/h1-7,14H,8-13,15-16H2,(H,27,31). The van der Waals surface area contributed by atoms with Crippen LogP contribution in [-0.4, -0.2) is 56.3 Å². The van der Waals surface area contributed by atoms with Crippen LogP contribution in [0, 0.1) is 5.21 Å². The van der Waals surface area contributed by atoms with E-state index in [1.807, 2.05) is 15.9 Å². The first-order chi connectivity index (χ1) is 15.8. The van der Waals surface area contributed by atoms with E-state index < -0.39 is 12.6 Å². The number of aromatic nitrogens is 1. The van der Waals surface area contributed by atoms with Gasteiger partial charge in [-0.2, -0.15) is 13.2 Å². The highest BCUT2D eigenvalue weighted by Crippen LogP contribution is 2.25. The van der Waals surface area contributed by atoms with Gasteiger partial charge in [0.2, 0.25) is 11.5 Å². The minimum absolute atomic E-state index is 0.149. The van der Waals surface area contributed by atoms with E-state index in [0.29, 0.717) is 37.3 Å². The van der Waals surface area contributed by atoms with Crippen molar-refractivity contribution in [1.82, 2.24) is 10.2 Å². The Labute approximate surface area is 189 Å². The first-order valence-electron chi connectivity index (χ1n) is 10.8. The van der Waals surface area contributed by atoms with Crippen LogP contribution in [0.4, 0.5) is 18.9 Å². The molecule has 10 heteroatoms. The highest BCUT2D eigenvalue weighted by Gasteiger charge is 2.28. The number of anilines is 1. The van der Waals surface area contributed by atoms with Gasteiger partial charge in [-0.05, 0) is 23.8 Å². The van der Waals surface area contributed by atoms with Crippen molar-refractivity contribution in [3.05, 3.63) is 65.2 Å². The van der Waals surface area contributed by atoms with Crippen LogP contribution in [0.2, 0.25) is 0 Å². The summed E-state index contributed by atoms with van der Waals surface area (Å²) in [5.41, 5.74) is 1.97. The summed E-state index contributed by atoms with van der Waals surface area (Å²) in [5, 5.41) is 15.0. The number of benzene rings is 2. The number of fused-ring (bicyclic) bond motifs is 1. The number of nitrogens with one attached hydrogen (secondary N) is 1. The Kier molecular flexibility index (Phi) is 6.73. The Bertz CT molecular complexity index is 1110. The molecule has 1 saturated heterocycles. The fourth-order valence-corrected chi connectivity index (χ4v) is 3.99. The molecule has 33 heavy (non-hydrogen) atoms. The normalized spacial score (nSPS) is 15.2. The number of piperazine rings is 1. The summed E-state index contributed by atoms with van der Waals surface area (Å²) in [6, 6.07) is 13.5. The topological polar surface area (TPSA) is 75.7 Å². The number of nitrogens with zero attached hydrogens (tertiary/aromatic N) is 3. The summed E-state index contributed by atoms with van der Waals surface area (Å²) < 4.78 is 44.3. The lowest BCUT2D eigenvalue weighted by atomic mass is 10.1. The second-order valence-corrected chi connectivity index (χ2v) is 8.08. The SMILES string of the molecule is O=C(CN1CCN(c2cccc(CC(F)(F)F)c2)CC1)NCCc1oc2ccccc2[n+]1[O-]. The predicted octanol–water partition coefficient (Wildman–Crippen LogP) is 2.65. The molecule has 0 aliphatic carbocycles. The van der Waals surface area contributed by atoms with Gasteiger partial charge < -0.3 is 19.8 Å². The minimum atomic E-state index is -4.23. The average molecular weight is 462 g/mol. The number of halogens is 3. The van der Waals surface area contributed by atoms with E-state index in [1.54, 1.807) is 36.4 Å². The van der Waals surface area contributed by atoms with E-state index in [-0.39, 0.29) is 36.9 Å². The molecule has 0 unspecified atom stereocenters. The monoisotopic (exact) mass is 462 g/mol. The van der Waals surface area contributed by atoms with Crippen molar-refractivity contribution >= 4 is 22.7 Å². The fourth-order valence-electron chi connectivity index (χ4n) is 3.99. The van der Waals surface area contributed by atoms with Gasteiger partial charge >= 0.3 is 12.1 Å². The van der Waals surface area contributed by atoms with Gasteiger partial charge in [0.15, 0.2) is 0 Å². The molecule has 176 valence electrons.